The molecule has 1 aromatic rings. The summed E-state index contributed by atoms with van der Waals surface area (Å²) in [6.07, 6.45) is 1.22. The number of anilines is 1. The van der Waals surface area contributed by atoms with E-state index in [0.29, 0.717) is 24.5 Å². The van der Waals surface area contributed by atoms with E-state index < -0.39 is 16.5 Å². The largest absolute Gasteiger partial charge is 0.480 e. The van der Waals surface area contributed by atoms with Crippen LogP contribution in [0.1, 0.15) is 12.5 Å². The fourth-order valence-electron chi connectivity index (χ4n) is 2.22. The molecule has 0 aromatic carbocycles. The van der Waals surface area contributed by atoms with Crippen LogP contribution in [0.5, 0.6) is 0 Å². The standard InChI is InChI=1S/C12H15N3O5/c1-8-3-9(15(18)19)4-13-11(8)14-6-12(2,7-14)20-5-10(16)17/h3-4H,5-7H2,1-2H3,(H,16,17). The van der Waals surface area contributed by atoms with Gasteiger partial charge in [0, 0.05) is 6.07 Å². The highest BCUT2D eigenvalue weighted by Gasteiger charge is 2.41. The van der Waals surface area contributed by atoms with Crippen LogP contribution < -0.4 is 4.90 Å². The zero-order valence-electron chi connectivity index (χ0n) is 11.2. The molecule has 0 atom stereocenters. The van der Waals surface area contributed by atoms with Gasteiger partial charge in [-0.15, -0.1) is 0 Å². The van der Waals surface area contributed by atoms with Crippen molar-refractivity contribution >= 4 is 17.5 Å². The van der Waals surface area contributed by atoms with E-state index in [2.05, 4.69) is 4.98 Å². The van der Waals surface area contributed by atoms with Gasteiger partial charge in [0.25, 0.3) is 5.69 Å². The number of hydrogen-bond donors (Lipinski definition) is 1. The first-order valence-corrected chi connectivity index (χ1v) is 6.02. The van der Waals surface area contributed by atoms with E-state index in [0.717, 1.165) is 0 Å². The van der Waals surface area contributed by atoms with Crippen LogP contribution >= 0.6 is 0 Å². The monoisotopic (exact) mass is 281 g/mol. The normalized spacial score (nSPS) is 16.6. The van der Waals surface area contributed by atoms with Gasteiger partial charge in [-0.2, -0.15) is 0 Å². The second-order valence-electron chi connectivity index (χ2n) is 5.08. The van der Waals surface area contributed by atoms with Crippen LogP contribution in [-0.2, 0) is 9.53 Å². The Labute approximate surface area is 115 Å². The molecule has 1 aliphatic rings. The van der Waals surface area contributed by atoms with Crippen LogP contribution in [-0.4, -0.2) is 46.3 Å². The second kappa shape index (κ2) is 5.04. The van der Waals surface area contributed by atoms with E-state index >= 15 is 0 Å². The average molecular weight is 281 g/mol. The third-order valence-electron chi connectivity index (χ3n) is 3.14. The summed E-state index contributed by atoms with van der Waals surface area (Å²) in [6, 6.07) is 1.47. The quantitative estimate of drug-likeness (QED) is 0.633. The maximum atomic E-state index is 10.6. The molecular weight excluding hydrogens is 266 g/mol. The Kier molecular flexibility index (Phi) is 3.58. The molecule has 0 spiro atoms. The lowest BCUT2D eigenvalue weighted by atomic mass is 9.96. The molecule has 0 radical (unpaired) electrons. The first-order valence-electron chi connectivity index (χ1n) is 6.02. The number of aromatic nitrogens is 1. The van der Waals surface area contributed by atoms with Gasteiger partial charge in [0.05, 0.1) is 18.0 Å². The van der Waals surface area contributed by atoms with Crippen molar-refractivity contribution in [1.82, 2.24) is 4.98 Å². The molecule has 8 nitrogen and oxygen atoms in total. The molecule has 108 valence electrons. The van der Waals surface area contributed by atoms with Crippen molar-refractivity contribution in [2.45, 2.75) is 19.4 Å². The predicted octanol–water partition coefficient (Wildman–Crippen LogP) is 0.978. The van der Waals surface area contributed by atoms with E-state index in [1.165, 1.54) is 12.3 Å². The van der Waals surface area contributed by atoms with Gasteiger partial charge in [-0.1, -0.05) is 0 Å². The molecule has 8 heteroatoms. The van der Waals surface area contributed by atoms with E-state index in [9.17, 15) is 14.9 Å². The van der Waals surface area contributed by atoms with Gasteiger partial charge in [0.1, 0.15) is 24.2 Å². The van der Waals surface area contributed by atoms with Crippen molar-refractivity contribution in [3.05, 3.63) is 27.9 Å². The van der Waals surface area contributed by atoms with Gasteiger partial charge < -0.3 is 14.7 Å². The first kappa shape index (κ1) is 14.2. The molecule has 0 unspecified atom stereocenters. The molecule has 1 aromatic heterocycles. The Bertz CT molecular complexity index is 554. The highest BCUT2D eigenvalue weighted by molar-refractivity contribution is 5.68. The minimum Gasteiger partial charge on any atom is -0.480 e. The average Bonchev–Trinajstić information content (AvgIpc) is 2.33. The van der Waals surface area contributed by atoms with Crippen molar-refractivity contribution in [3.8, 4) is 0 Å². The number of carboxylic acids is 1. The number of rotatable bonds is 5. The molecule has 0 aliphatic carbocycles. The molecule has 0 bridgehead atoms. The molecule has 2 heterocycles. The lowest BCUT2D eigenvalue weighted by molar-refractivity contribution is -0.385. The molecular formula is C12H15N3O5. The Morgan fingerprint density at radius 3 is 2.80 bits per heavy atom. The minimum absolute atomic E-state index is 0.0448. The first-order chi connectivity index (χ1) is 9.31. The molecule has 0 amide bonds. The highest BCUT2D eigenvalue weighted by Crippen LogP contribution is 2.31. The summed E-state index contributed by atoms with van der Waals surface area (Å²) in [6.45, 7) is 4.26. The zero-order valence-corrected chi connectivity index (χ0v) is 11.2. The van der Waals surface area contributed by atoms with Crippen LogP contribution in [0, 0.1) is 17.0 Å². The third kappa shape index (κ3) is 2.85. The Hall–Kier alpha value is -2.22. The molecule has 2 rings (SSSR count). The van der Waals surface area contributed by atoms with Gasteiger partial charge >= 0.3 is 5.97 Å². The van der Waals surface area contributed by atoms with Crippen molar-refractivity contribution < 1.29 is 19.6 Å². The van der Waals surface area contributed by atoms with E-state index in [4.69, 9.17) is 9.84 Å². The number of hydrogen-bond acceptors (Lipinski definition) is 6. The maximum absolute atomic E-state index is 10.6. The van der Waals surface area contributed by atoms with Crippen molar-refractivity contribution in [1.29, 1.82) is 0 Å². The van der Waals surface area contributed by atoms with Crippen LogP contribution in [0.15, 0.2) is 12.3 Å². The highest BCUT2D eigenvalue weighted by atomic mass is 16.6. The Morgan fingerprint density at radius 2 is 2.30 bits per heavy atom. The number of nitro groups is 1. The molecule has 1 aliphatic heterocycles. The predicted molar refractivity (Wildman–Crippen MR) is 69.8 cm³/mol. The SMILES string of the molecule is Cc1cc([N+](=O)[O-])cnc1N1CC(C)(OCC(=O)O)C1. The number of pyridine rings is 1. The topological polar surface area (TPSA) is 106 Å². The molecule has 1 fully saturated rings. The summed E-state index contributed by atoms with van der Waals surface area (Å²) in [4.78, 5) is 26.6. The molecule has 0 saturated carbocycles. The van der Waals surface area contributed by atoms with E-state index in [1.54, 1.807) is 6.92 Å². The Morgan fingerprint density at radius 1 is 1.65 bits per heavy atom. The summed E-state index contributed by atoms with van der Waals surface area (Å²) in [7, 11) is 0. The fraction of sp³-hybridized carbons (Fsp3) is 0.500. The van der Waals surface area contributed by atoms with Gasteiger partial charge in [-0.3, -0.25) is 10.1 Å². The van der Waals surface area contributed by atoms with Gasteiger partial charge in [-0.25, -0.2) is 9.78 Å². The Balaban J connectivity index is 2.02. The van der Waals surface area contributed by atoms with Crippen LogP contribution in [0.2, 0.25) is 0 Å². The summed E-state index contributed by atoms with van der Waals surface area (Å²) in [5.41, 5.74) is 0.144. The number of aryl methyl sites for hydroxylation is 1. The van der Waals surface area contributed by atoms with Gasteiger partial charge in [0.15, 0.2) is 0 Å². The summed E-state index contributed by atoms with van der Waals surface area (Å²) in [5, 5.41) is 19.2. The van der Waals surface area contributed by atoms with Crippen molar-refractivity contribution in [3.63, 3.8) is 0 Å². The number of carboxylic acid groups (broad SMARTS) is 1. The second-order valence-corrected chi connectivity index (χ2v) is 5.08. The fourth-order valence-corrected chi connectivity index (χ4v) is 2.22. The summed E-state index contributed by atoms with van der Waals surface area (Å²) in [5.74, 6) is -0.346. The zero-order chi connectivity index (χ0) is 14.9. The lowest BCUT2D eigenvalue weighted by Crippen LogP contribution is -2.62. The smallest absolute Gasteiger partial charge is 0.329 e. The molecule has 1 saturated heterocycles. The van der Waals surface area contributed by atoms with E-state index in [1.807, 2.05) is 11.8 Å². The summed E-state index contributed by atoms with van der Waals surface area (Å²) >= 11 is 0. The van der Waals surface area contributed by atoms with Gasteiger partial charge in [-0.05, 0) is 19.4 Å². The number of nitrogens with zero attached hydrogens (tertiary/aromatic N) is 3. The third-order valence-corrected chi connectivity index (χ3v) is 3.14. The van der Waals surface area contributed by atoms with Crippen molar-refractivity contribution in [2.75, 3.05) is 24.6 Å². The van der Waals surface area contributed by atoms with E-state index in [-0.39, 0.29) is 12.3 Å². The van der Waals surface area contributed by atoms with Gasteiger partial charge in [0.2, 0.25) is 0 Å². The summed E-state index contributed by atoms with van der Waals surface area (Å²) < 4.78 is 5.30. The minimum atomic E-state index is -1.01. The van der Waals surface area contributed by atoms with Crippen LogP contribution in [0.4, 0.5) is 11.5 Å². The maximum Gasteiger partial charge on any atom is 0.329 e. The molecule has 1 N–H and O–H groups in total. The molecule has 20 heavy (non-hydrogen) atoms. The van der Waals surface area contributed by atoms with Crippen molar-refractivity contribution in [2.24, 2.45) is 0 Å². The van der Waals surface area contributed by atoms with Crippen LogP contribution in [0.25, 0.3) is 0 Å². The lowest BCUT2D eigenvalue weighted by Gasteiger charge is -2.48. The number of aliphatic carboxylic acids is 1. The number of carbonyl (C=O) groups is 1. The van der Waals surface area contributed by atoms with Crippen LogP contribution in [0.3, 0.4) is 0 Å². The number of ether oxygens (including phenoxy) is 1.